The highest BCUT2D eigenvalue weighted by Crippen LogP contribution is 2.39. The maximum Gasteiger partial charge on any atom is 0.255 e. The number of aliphatic hydroxyl groups excluding tert-OH is 1. The molecule has 0 saturated heterocycles. The maximum atomic E-state index is 13.0. The predicted octanol–water partition coefficient (Wildman–Crippen LogP) is 4.91. The normalized spacial score (nSPS) is 18.4. The summed E-state index contributed by atoms with van der Waals surface area (Å²) >= 11 is 0. The Balaban J connectivity index is 0.00000306. The molecule has 2 unspecified atom stereocenters. The van der Waals surface area contributed by atoms with Crippen LogP contribution in [0.2, 0.25) is 0 Å². The van der Waals surface area contributed by atoms with Gasteiger partial charge in [-0.3, -0.25) is 4.79 Å². The highest BCUT2D eigenvalue weighted by atomic mass is 35.5. The summed E-state index contributed by atoms with van der Waals surface area (Å²) in [7, 11) is 0. The lowest BCUT2D eigenvalue weighted by Crippen LogP contribution is -2.52. The van der Waals surface area contributed by atoms with E-state index >= 15 is 0 Å². The van der Waals surface area contributed by atoms with Crippen LogP contribution in [-0.4, -0.2) is 29.3 Å². The quantitative estimate of drug-likeness (QED) is 0.479. The van der Waals surface area contributed by atoms with Crippen molar-refractivity contribution in [2.75, 3.05) is 11.9 Å². The van der Waals surface area contributed by atoms with E-state index in [-0.39, 0.29) is 30.2 Å². The van der Waals surface area contributed by atoms with Crippen molar-refractivity contribution in [3.05, 3.63) is 95.3 Å². The van der Waals surface area contributed by atoms with Crippen molar-refractivity contribution in [2.45, 2.75) is 38.0 Å². The fourth-order valence-corrected chi connectivity index (χ4v) is 3.90. The van der Waals surface area contributed by atoms with Gasteiger partial charge in [0.15, 0.2) is 0 Å². The van der Waals surface area contributed by atoms with Crippen LogP contribution in [0, 0.1) is 5.82 Å². The molecule has 0 spiro atoms. The number of benzene rings is 3. The van der Waals surface area contributed by atoms with Crippen LogP contribution < -0.4 is 15.4 Å². The zero-order valence-corrected chi connectivity index (χ0v) is 19.4. The zero-order valence-electron chi connectivity index (χ0n) is 18.5. The largest absolute Gasteiger partial charge is 0.485 e. The average Bonchev–Trinajstić information content (AvgIpc) is 2.77. The summed E-state index contributed by atoms with van der Waals surface area (Å²) in [5, 5.41) is 17.1. The molecule has 1 amide bonds. The van der Waals surface area contributed by atoms with Crippen LogP contribution in [0.5, 0.6) is 5.75 Å². The van der Waals surface area contributed by atoms with E-state index in [0.29, 0.717) is 17.8 Å². The summed E-state index contributed by atoms with van der Waals surface area (Å²) in [5.41, 5.74) is 2.45. The van der Waals surface area contributed by atoms with E-state index in [4.69, 9.17) is 4.74 Å². The number of carbonyl (C=O) groups excluding carboxylic acids is 1. The van der Waals surface area contributed by atoms with Crippen molar-refractivity contribution in [2.24, 2.45) is 0 Å². The van der Waals surface area contributed by atoms with Gasteiger partial charge in [-0.25, -0.2) is 4.39 Å². The van der Waals surface area contributed by atoms with Gasteiger partial charge in [0.05, 0.1) is 6.04 Å². The lowest BCUT2D eigenvalue weighted by atomic mass is 9.86. The standard InChI is InChI=1S/C26H27FN2O3.ClH/c1-26(2)24(30)23(21-5-3-4-6-22(21)32-26)28-16-15-17-7-13-20(14-8-17)29-25(31)18-9-11-19(27)12-10-18;/h3-14,23-24,28,30H,15-16H2,1-2H3,(H,29,31);1H. The fraction of sp³-hybridized carbons (Fsp3) is 0.269. The van der Waals surface area contributed by atoms with Crippen molar-refractivity contribution in [1.29, 1.82) is 0 Å². The summed E-state index contributed by atoms with van der Waals surface area (Å²) in [4.78, 5) is 12.3. The van der Waals surface area contributed by atoms with Crippen LogP contribution in [0.15, 0.2) is 72.8 Å². The van der Waals surface area contributed by atoms with Crippen molar-refractivity contribution < 1.29 is 19.0 Å². The number of halogens is 2. The third-order valence-corrected chi connectivity index (χ3v) is 5.75. The van der Waals surface area contributed by atoms with Gasteiger partial charge in [-0.2, -0.15) is 0 Å². The molecule has 33 heavy (non-hydrogen) atoms. The monoisotopic (exact) mass is 470 g/mol. The van der Waals surface area contributed by atoms with Crippen LogP contribution in [0.4, 0.5) is 10.1 Å². The number of fused-ring (bicyclic) bond motifs is 1. The molecule has 0 saturated carbocycles. The van der Waals surface area contributed by atoms with Crippen LogP contribution in [-0.2, 0) is 6.42 Å². The number of amides is 1. The molecule has 174 valence electrons. The lowest BCUT2D eigenvalue weighted by Gasteiger charge is -2.42. The Labute approximate surface area is 199 Å². The van der Waals surface area contributed by atoms with Crippen LogP contribution in [0.25, 0.3) is 0 Å². The summed E-state index contributed by atoms with van der Waals surface area (Å²) < 4.78 is 19.0. The molecule has 3 N–H and O–H groups in total. The van der Waals surface area contributed by atoms with Gasteiger partial charge >= 0.3 is 0 Å². The molecule has 5 nitrogen and oxygen atoms in total. The summed E-state index contributed by atoms with van der Waals surface area (Å²) in [6.45, 7) is 4.45. The molecule has 1 heterocycles. The minimum Gasteiger partial charge on any atom is -0.485 e. The summed E-state index contributed by atoms with van der Waals surface area (Å²) in [6, 6.07) is 20.6. The highest BCUT2D eigenvalue weighted by molar-refractivity contribution is 6.04. The number of hydrogen-bond acceptors (Lipinski definition) is 4. The Bertz CT molecular complexity index is 1090. The first-order chi connectivity index (χ1) is 15.3. The molecule has 7 heteroatoms. The molecule has 0 aliphatic carbocycles. The number of hydrogen-bond donors (Lipinski definition) is 3. The van der Waals surface area contributed by atoms with E-state index < -0.39 is 11.7 Å². The van der Waals surface area contributed by atoms with E-state index in [1.807, 2.05) is 62.4 Å². The van der Waals surface area contributed by atoms with Gasteiger partial charge in [0.1, 0.15) is 23.3 Å². The average molecular weight is 471 g/mol. The molecule has 2 atom stereocenters. The Kier molecular flexibility index (Phi) is 7.74. The van der Waals surface area contributed by atoms with Gasteiger partial charge < -0.3 is 20.5 Å². The topological polar surface area (TPSA) is 70.6 Å². The molecule has 4 rings (SSSR count). The van der Waals surface area contributed by atoms with Crippen LogP contribution >= 0.6 is 12.4 Å². The van der Waals surface area contributed by atoms with Gasteiger partial charge in [0, 0.05) is 16.8 Å². The van der Waals surface area contributed by atoms with E-state index in [0.717, 1.165) is 23.3 Å². The number of anilines is 1. The van der Waals surface area contributed by atoms with E-state index in [1.165, 1.54) is 24.3 Å². The second-order valence-electron chi connectivity index (χ2n) is 8.53. The van der Waals surface area contributed by atoms with Crippen LogP contribution in [0.3, 0.4) is 0 Å². The molecule has 1 aliphatic rings. The Morgan fingerprint density at radius 3 is 2.39 bits per heavy atom. The molecule has 1 aliphatic heterocycles. The first-order valence-corrected chi connectivity index (χ1v) is 10.7. The van der Waals surface area contributed by atoms with Gasteiger partial charge in [-0.15, -0.1) is 12.4 Å². The first kappa shape index (κ1) is 24.7. The number of ether oxygens (including phenoxy) is 1. The summed E-state index contributed by atoms with van der Waals surface area (Å²) in [6.07, 6.45) is 0.0835. The molecular weight excluding hydrogens is 443 g/mol. The molecule has 0 radical (unpaired) electrons. The maximum absolute atomic E-state index is 13.0. The molecule has 0 fully saturated rings. The second-order valence-corrected chi connectivity index (χ2v) is 8.53. The Morgan fingerprint density at radius 1 is 1.03 bits per heavy atom. The molecule has 3 aromatic rings. The molecule has 0 aromatic heterocycles. The predicted molar refractivity (Wildman–Crippen MR) is 130 cm³/mol. The van der Waals surface area contributed by atoms with Crippen molar-refractivity contribution >= 4 is 24.0 Å². The van der Waals surface area contributed by atoms with E-state index in [1.54, 1.807) is 0 Å². The van der Waals surface area contributed by atoms with Gasteiger partial charge in [-0.1, -0.05) is 30.3 Å². The van der Waals surface area contributed by atoms with E-state index in [2.05, 4.69) is 10.6 Å². The third kappa shape index (κ3) is 5.71. The second kappa shape index (κ2) is 10.3. The van der Waals surface area contributed by atoms with Crippen molar-refractivity contribution in [3.63, 3.8) is 0 Å². The number of carbonyl (C=O) groups is 1. The van der Waals surface area contributed by atoms with Crippen LogP contribution in [0.1, 0.15) is 41.4 Å². The number of nitrogens with one attached hydrogen (secondary N) is 2. The lowest BCUT2D eigenvalue weighted by molar-refractivity contribution is -0.0643. The molecule has 0 bridgehead atoms. The molecular formula is C26H28ClFN2O3. The Hall–Kier alpha value is -2.93. The smallest absolute Gasteiger partial charge is 0.255 e. The van der Waals surface area contributed by atoms with Gasteiger partial charge in [0.2, 0.25) is 0 Å². The minimum atomic E-state index is -0.684. The zero-order chi connectivity index (χ0) is 22.7. The minimum absolute atomic E-state index is 0. The van der Waals surface area contributed by atoms with Gasteiger partial charge in [0.25, 0.3) is 5.91 Å². The Morgan fingerprint density at radius 2 is 1.70 bits per heavy atom. The first-order valence-electron chi connectivity index (χ1n) is 10.7. The number of rotatable bonds is 6. The van der Waals surface area contributed by atoms with Gasteiger partial charge in [-0.05, 0) is 74.8 Å². The SMILES string of the molecule is CC1(C)Oc2ccccc2C(NCCc2ccc(NC(=O)c3ccc(F)cc3)cc2)C1O.Cl. The summed E-state index contributed by atoms with van der Waals surface area (Å²) in [5.74, 6) is 0.135. The molecule has 3 aromatic carbocycles. The van der Waals surface area contributed by atoms with Crippen molar-refractivity contribution in [1.82, 2.24) is 5.32 Å². The number of aliphatic hydroxyl groups is 1. The van der Waals surface area contributed by atoms with E-state index in [9.17, 15) is 14.3 Å². The highest BCUT2D eigenvalue weighted by Gasteiger charge is 2.42. The fourth-order valence-electron chi connectivity index (χ4n) is 3.90. The number of para-hydroxylation sites is 1. The van der Waals surface area contributed by atoms with Crippen molar-refractivity contribution in [3.8, 4) is 5.75 Å². The third-order valence-electron chi connectivity index (χ3n) is 5.75.